The van der Waals surface area contributed by atoms with Crippen molar-refractivity contribution in [2.75, 3.05) is 32.8 Å². The lowest BCUT2D eigenvalue weighted by Gasteiger charge is -2.34. The number of benzene rings is 1. The Morgan fingerprint density at radius 2 is 1.73 bits per heavy atom. The molecule has 0 saturated carbocycles. The zero-order chi connectivity index (χ0) is 21.9. The molecule has 1 aliphatic rings. The predicted octanol–water partition coefficient (Wildman–Crippen LogP) is 1.97. The van der Waals surface area contributed by atoms with Gasteiger partial charge in [-0.25, -0.2) is 13.2 Å². The molecule has 0 atom stereocenters. The lowest BCUT2D eigenvalue weighted by atomic mass is 10.2. The van der Waals surface area contributed by atoms with Gasteiger partial charge < -0.3 is 18.9 Å². The Morgan fingerprint density at radius 3 is 2.27 bits per heavy atom. The molecule has 11 heteroatoms. The Kier molecular flexibility index (Phi) is 6.42. The van der Waals surface area contributed by atoms with Gasteiger partial charge in [-0.15, -0.1) is 0 Å². The fourth-order valence-corrected chi connectivity index (χ4v) is 4.91. The molecule has 0 aliphatic carbocycles. The summed E-state index contributed by atoms with van der Waals surface area (Å²) in [6.07, 6.45) is -0.813. The largest absolute Gasteiger partial charge is 0.513 e. The molecule has 1 aromatic heterocycles. The molecule has 162 valence electrons. The van der Waals surface area contributed by atoms with Crippen molar-refractivity contribution in [3.63, 3.8) is 0 Å². The lowest BCUT2D eigenvalue weighted by Crippen LogP contribution is -2.50. The normalized spacial score (nSPS) is 15.1. The number of rotatable bonds is 5. The van der Waals surface area contributed by atoms with Crippen LogP contribution in [0.15, 0.2) is 33.7 Å². The molecule has 1 aromatic carbocycles. The summed E-state index contributed by atoms with van der Waals surface area (Å²) in [5.74, 6) is 0.281. The number of hydrogen-bond donors (Lipinski definition) is 0. The third-order valence-corrected chi connectivity index (χ3v) is 6.80. The summed E-state index contributed by atoms with van der Waals surface area (Å²) in [7, 11) is -3.74. The van der Waals surface area contributed by atoms with E-state index < -0.39 is 16.2 Å². The van der Waals surface area contributed by atoms with Crippen molar-refractivity contribution < 1.29 is 32.0 Å². The highest BCUT2D eigenvalue weighted by Crippen LogP contribution is 2.24. The van der Waals surface area contributed by atoms with Crippen LogP contribution in [-0.4, -0.2) is 67.6 Å². The summed E-state index contributed by atoms with van der Waals surface area (Å²) in [6, 6.07) is 6.10. The third-order valence-electron chi connectivity index (χ3n) is 4.66. The molecular weight excluding hydrogens is 414 g/mol. The van der Waals surface area contributed by atoms with E-state index in [0.29, 0.717) is 11.3 Å². The van der Waals surface area contributed by atoms with Gasteiger partial charge in [-0.3, -0.25) is 4.79 Å². The minimum Gasteiger partial charge on any atom is -0.434 e. The van der Waals surface area contributed by atoms with Crippen molar-refractivity contribution in [1.82, 2.24) is 14.4 Å². The van der Waals surface area contributed by atoms with E-state index in [1.165, 1.54) is 16.4 Å². The Bertz CT molecular complexity index is 1000. The van der Waals surface area contributed by atoms with Gasteiger partial charge in [-0.1, -0.05) is 5.16 Å². The van der Waals surface area contributed by atoms with Crippen molar-refractivity contribution in [2.45, 2.75) is 25.7 Å². The van der Waals surface area contributed by atoms with Crippen LogP contribution in [0.2, 0.25) is 0 Å². The Balaban J connectivity index is 1.62. The summed E-state index contributed by atoms with van der Waals surface area (Å²) in [6.45, 7) is 5.85. The summed E-state index contributed by atoms with van der Waals surface area (Å²) in [4.78, 5) is 25.7. The molecule has 0 unspecified atom stereocenters. The first-order chi connectivity index (χ1) is 14.2. The van der Waals surface area contributed by atoms with Crippen molar-refractivity contribution in [1.29, 1.82) is 0 Å². The van der Waals surface area contributed by atoms with E-state index in [2.05, 4.69) is 5.16 Å². The smallest absolute Gasteiger partial charge is 0.434 e. The highest BCUT2D eigenvalue weighted by atomic mass is 32.2. The van der Waals surface area contributed by atoms with Crippen LogP contribution in [0.4, 0.5) is 4.79 Å². The third kappa shape index (κ3) is 4.46. The SMILES string of the molecule is CCOC(=O)Oc1ccc(C(=O)N2CCN(S(=O)(=O)c3c(C)noc3C)CC2)cc1. The molecule has 10 nitrogen and oxygen atoms in total. The lowest BCUT2D eigenvalue weighted by molar-refractivity contribution is 0.0697. The molecule has 0 spiro atoms. The van der Waals surface area contributed by atoms with E-state index in [1.807, 2.05) is 0 Å². The second-order valence-corrected chi connectivity index (χ2v) is 8.53. The van der Waals surface area contributed by atoms with Gasteiger partial charge in [0, 0.05) is 31.7 Å². The molecule has 2 heterocycles. The zero-order valence-corrected chi connectivity index (χ0v) is 17.8. The number of hydrogen-bond acceptors (Lipinski definition) is 8. The van der Waals surface area contributed by atoms with Gasteiger partial charge in [-0.2, -0.15) is 4.31 Å². The standard InChI is InChI=1S/C19H23N3O7S/c1-4-27-19(24)28-16-7-5-15(6-8-16)18(23)21-9-11-22(12-10-21)30(25,26)17-13(2)20-29-14(17)3/h5-8H,4,9-12H2,1-3H3. The van der Waals surface area contributed by atoms with Crippen LogP contribution >= 0.6 is 0 Å². The molecule has 0 radical (unpaired) electrons. The highest BCUT2D eigenvalue weighted by Gasteiger charge is 2.34. The van der Waals surface area contributed by atoms with Crippen molar-refractivity contribution >= 4 is 22.1 Å². The first kappa shape index (κ1) is 21.8. The molecule has 30 heavy (non-hydrogen) atoms. The summed E-state index contributed by atoms with van der Waals surface area (Å²) >= 11 is 0. The number of amides is 1. The number of ether oxygens (including phenoxy) is 2. The van der Waals surface area contributed by atoms with Gasteiger partial charge >= 0.3 is 6.16 Å². The molecule has 1 aliphatic heterocycles. The second-order valence-electron chi connectivity index (χ2n) is 6.66. The molecule has 0 N–H and O–H groups in total. The molecule has 1 fully saturated rings. The van der Waals surface area contributed by atoms with Crippen LogP contribution in [0.1, 0.15) is 28.7 Å². The molecule has 2 aromatic rings. The van der Waals surface area contributed by atoms with Crippen LogP contribution in [0.3, 0.4) is 0 Å². The molecule has 0 bridgehead atoms. The van der Waals surface area contributed by atoms with E-state index in [-0.39, 0.29) is 55.1 Å². The first-order valence-electron chi connectivity index (χ1n) is 9.41. The zero-order valence-electron chi connectivity index (χ0n) is 17.0. The van der Waals surface area contributed by atoms with Gasteiger partial charge in [0.1, 0.15) is 16.3 Å². The molecule has 1 amide bonds. The maximum Gasteiger partial charge on any atom is 0.513 e. The van der Waals surface area contributed by atoms with E-state index in [0.717, 1.165) is 0 Å². The van der Waals surface area contributed by atoms with Gasteiger partial charge in [0.25, 0.3) is 5.91 Å². The van der Waals surface area contributed by atoms with Crippen LogP contribution in [0.5, 0.6) is 5.75 Å². The quantitative estimate of drug-likeness (QED) is 0.514. The number of aryl methyl sites for hydroxylation is 2. The predicted molar refractivity (Wildman–Crippen MR) is 105 cm³/mol. The van der Waals surface area contributed by atoms with Crippen molar-refractivity contribution in [3.05, 3.63) is 41.3 Å². The summed E-state index contributed by atoms with van der Waals surface area (Å²) in [5.41, 5.74) is 0.726. The van der Waals surface area contributed by atoms with Crippen molar-refractivity contribution in [3.8, 4) is 5.75 Å². The topological polar surface area (TPSA) is 119 Å². The number of sulfonamides is 1. The molecule has 1 saturated heterocycles. The van der Waals surface area contributed by atoms with Crippen LogP contribution in [-0.2, 0) is 14.8 Å². The highest BCUT2D eigenvalue weighted by molar-refractivity contribution is 7.89. The fourth-order valence-electron chi connectivity index (χ4n) is 3.20. The maximum absolute atomic E-state index is 12.9. The Labute approximate surface area is 174 Å². The van der Waals surface area contributed by atoms with E-state index in [9.17, 15) is 18.0 Å². The number of piperazine rings is 1. The number of carbonyl (C=O) groups is 2. The van der Waals surface area contributed by atoms with Gasteiger partial charge in [0.05, 0.1) is 6.61 Å². The number of carbonyl (C=O) groups excluding carboxylic acids is 2. The summed E-state index contributed by atoms with van der Waals surface area (Å²) < 4.78 is 41.7. The van der Waals surface area contributed by atoms with Crippen molar-refractivity contribution in [2.24, 2.45) is 0 Å². The average Bonchev–Trinajstić information content (AvgIpc) is 3.07. The maximum atomic E-state index is 12.9. The number of aromatic nitrogens is 1. The monoisotopic (exact) mass is 437 g/mol. The fraction of sp³-hybridized carbons (Fsp3) is 0.421. The van der Waals surface area contributed by atoms with Crippen LogP contribution in [0, 0.1) is 13.8 Å². The van der Waals surface area contributed by atoms with Gasteiger partial charge in [-0.05, 0) is 45.0 Å². The molecular formula is C19H23N3O7S. The number of nitrogens with zero attached hydrogens (tertiary/aromatic N) is 3. The van der Waals surface area contributed by atoms with Crippen LogP contribution in [0.25, 0.3) is 0 Å². The Hall–Kier alpha value is -2.92. The first-order valence-corrected chi connectivity index (χ1v) is 10.8. The van der Waals surface area contributed by atoms with Crippen LogP contribution < -0.4 is 4.74 Å². The van der Waals surface area contributed by atoms with Gasteiger partial charge in [0.15, 0.2) is 5.76 Å². The van der Waals surface area contributed by atoms with E-state index in [1.54, 1.807) is 37.8 Å². The second kappa shape index (κ2) is 8.84. The van der Waals surface area contributed by atoms with Gasteiger partial charge in [0.2, 0.25) is 10.0 Å². The minimum absolute atomic E-state index is 0.0828. The average molecular weight is 437 g/mol. The Morgan fingerprint density at radius 1 is 1.10 bits per heavy atom. The molecule has 3 rings (SSSR count). The van der Waals surface area contributed by atoms with E-state index in [4.69, 9.17) is 14.0 Å². The summed E-state index contributed by atoms with van der Waals surface area (Å²) in [5, 5.41) is 3.71. The minimum atomic E-state index is -3.74. The van der Waals surface area contributed by atoms with E-state index >= 15 is 0 Å².